The second kappa shape index (κ2) is 6.99. The summed E-state index contributed by atoms with van der Waals surface area (Å²) in [5.41, 5.74) is 1.14. The third kappa shape index (κ3) is 5.05. The lowest BCUT2D eigenvalue weighted by Gasteiger charge is -2.21. The van der Waals surface area contributed by atoms with E-state index in [0.29, 0.717) is 6.04 Å². The first-order chi connectivity index (χ1) is 7.61. The van der Waals surface area contributed by atoms with Crippen LogP contribution in [-0.2, 0) is 6.42 Å². The van der Waals surface area contributed by atoms with Gasteiger partial charge >= 0.3 is 0 Å². The molecule has 1 rings (SSSR count). The molecule has 1 unspecified atom stereocenters. The van der Waals surface area contributed by atoms with Crippen molar-refractivity contribution in [3.8, 4) is 0 Å². The number of thiazole rings is 1. The molecule has 0 aromatic carbocycles. The Hall–Kier alpha value is -0.450. The Balaban J connectivity index is 2.48. The first kappa shape index (κ1) is 13.6. The van der Waals surface area contributed by atoms with Gasteiger partial charge in [0, 0.05) is 30.1 Å². The summed E-state index contributed by atoms with van der Waals surface area (Å²) in [6.45, 7) is 6.41. The number of hydrogen-bond acceptors (Lipinski definition) is 4. The molecule has 3 nitrogen and oxygen atoms in total. The van der Waals surface area contributed by atoms with Gasteiger partial charge in [-0.25, -0.2) is 4.98 Å². The highest BCUT2D eigenvalue weighted by Crippen LogP contribution is 2.11. The lowest BCUT2D eigenvalue weighted by atomic mass is 10.2. The fourth-order valence-corrected chi connectivity index (χ4v) is 2.55. The van der Waals surface area contributed by atoms with Crippen molar-refractivity contribution in [2.75, 3.05) is 27.2 Å². The van der Waals surface area contributed by atoms with Gasteiger partial charge in [-0.05, 0) is 34.0 Å². The molecule has 0 amide bonds. The van der Waals surface area contributed by atoms with E-state index in [1.54, 1.807) is 11.3 Å². The van der Waals surface area contributed by atoms with Crippen LogP contribution >= 0.6 is 11.3 Å². The summed E-state index contributed by atoms with van der Waals surface area (Å²) in [5, 5.41) is 6.95. The fraction of sp³-hybridized carbons (Fsp3) is 0.750. The zero-order chi connectivity index (χ0) is 12.0. The predicted molar refractivity (Wildman–Crippen MR) is 71.2 cm³/mol. The van der Waals surface area contributed by atoms with E-state index in [9.17, 15) is 0 Å². The van der Waals surface area contributed by atoms with Crippen LogP contribution in [0.15, 0.2) is 5.38 Å². The lowest BCUT2D eigenvalue weighted by molar-refractivity contribution is 0.336. The smallest absolute Gasteiger partial charge is 0.0944 e. The van der Waals surface area contributed by atoms with Crippen molar-refractivity contribution in [3.05, 3.63) is 16.1 Å². The van der Waals surface area contributed by atoms with Gasteiger partial charge in [-0.1, -0.05) is 6.92 Å². The highest BCUT2D eigenvalue weighted by molar-refractivity contribution is 7.09. The number of aromatic nitrogens is 1. The Morgan fingerprint density at radius 2 is 2.25 bits per heavy atom. The molecular weight excluding hydrogens is 218 g/mol. The number of aryl methyl sites for hydroxylation is 1. The van der Waals surface area contributed by atoms with Crippen molar-refractivity contribution in [3.63, 3.8) is 0 Å². The molecule has 1 atom stereocenters. The number of hydrogen-bond donors (Lipinski definition) is 1. The molecule has 0 radical (unpaired) electrons. The zero-order valence-electron chi connectivity index (χ0n) is 10.8. The van der Waals surface area contributed by atoms with E-state index in [1.807, 2.05) is 0 Å². The van der Waals surface area contributed by atoms with Crippen LogP contribution in [0.2, 0.25) is 0 Å². The molecule has 0 aliphatic heterocycles. The standard InChI is InChI=1S/C12H23N3S/c1-5-6-13-11(8-15(3)4)7-12-14-10(2)9-16-12/h9,11,13H,5-8H2,1-4H3. The minimum absolute atomic E-state index is 0.514. The zero-order valence-corrected chi connectivity index (χ0v) is 11.6. The maximum atomic E-state index is 4.53. The Morgan fingerprint density at radius 1 is 1.50 bits per heavy atom. The van der Waals surface area contributed by atoms with E-state index in [1.165, 1.54) is 11.4 Å². The van der Waals surface area contributed by atoms with Gasteiger partial charge in [-0.2, -0.15) is 0 Å². The topological polar surface area (TPSA) is 28.2 Å². The second-order valence-electron chi connectivity index (χ2n) is 4.50. The molecule has 0 saturated carbocycles. The number of likely N-dealkylation sites (N-methyl/N-ethyl adjacent to an activating group) is 1. The molecular formula is C12H23N3S. The van der Waals surface area contributed by atoms with E-state index >= 15 is 0 Å². The molecule has 0 spiro atoms. The maximum Gasteiger partial charge on any atom is 0.0944 e. The molecule has 1 heterocycles. The normalized spacial score (nSPS) is 13.3. The quantitative estimate of drug-likeness (QED) is 0.790. The van der Waals surface area contributed by atoms with Gasteiger partial charge in [0.15, 0.2) is 0 Å². The average Bonchev–Trinajstić information content (AvgIpc) is 2.59. The van der Waals surface area contributed by atoms with Crippen molar-refractivity contribution in [2.24, 2.45) is 0 Å². The summed E-state index contributed by atoms with van der Waals surface area (Å²) in [6, 6.07) is 0.514. The molecule has 4 heteroatoms. The predicted octanol–water partition coefficient (Wildman–Crippen LogP) is 1.92. The molecule has 0 aliphatic carbocycles. The van der Waals surface area contributed by atoms with Gasteiger partial charge < -0.3 is 10.2 Å². The number of nitrogens with zero attached hydrogens (tertiary/aromatic N) is 2. The van der Waals surface area contributed by atoms with Crippen molar-refractivity contribution in [1.29, 1.82) is 0 Å². The van der Waals surface area contributed by atoms with Crippen LogP contribution in [0.1, 0.15) is 24.0 Å². The second-order valence-corrected chi connectivity index (χ2v) is 5.44. The number of nitrogens with one attached hydrogen (secondary N) is 1. The minimum atomic E-state index is 0.514. The molecule has 0 bridgehead atoms. The summed E-state index contributed by atoms with van der Waals surface area (Å²) in [7, 11) is 4.24. The van der Waals surface area contributed by atoms with Crippen LogP contribution in [0, 0.1) is 6.92 Å². The third-order valence-electron chi connectivity index (χ3n) is 2.36. The van der Waals surface area contributed by atoms with Crippen LogP contribution in [0.5, 0.6) is 0 Å². The largest absolute Gasteiger partial charge is 0.312 e. The van der Waals surface area contributed by atoms with E-state index in [-0.39, 0.29) is 0 Å². The van der Waals surface area contributed by atoms with E-state index in [2.05, 4.69) is 48.5 Å². The Kier molecular flexibility index (Phi) is 5.95. The van der Waals surface area contributed by atoms with E-state index in [0.717, 1.165) is 25.2 Å². The van der Waals surface area contributed by atoms with Gasteiger partial charge in [0.05, 0.1) is 5.01 Å². The highest BCUT2D eigenvalue weighted by Gasteiger charge is 2.11. The summed E-state index contributed by atoms with van der Waals surface area (Å²) < 4.78 is 0. The summed E-state index contributed by atoms with van der Waals surface area (Å²) >= 11 is 1.77. The molecule has 1 aromatic heterocycles. The Morgan fingerprint density at radius 3 is 2.75 bits per heavy atom. The summed E-state index contributed by atoms with van der Waals surface area (Å²) in [4.78, 5) is 6.76. The molecule has 0 saturated heterocycles. The third-order valence-corrected chi connectivity index (χ3v) is 3.35. The Bertz CT molecular complexity index is 296. The molecule has 1 aromatic rings. The first-order valence-electron chi connectivity index (χ1n) is 5.91. The van der Waals surface area contributed by atoms with Gasteiger partial charge in [0.25, 0.3) is 0 Å². The molecule has 92 valence electrons. The van der Waals surface area contributed by atoms with Gasteiger partial charge in [0.2, 0.25) is 0 Å². The Labute approximate surface area is 103 Å². The first-order valence-corrected chi connectivity index (χ1v) is 6.79. The summed E-state index contributed by atoms with van der Waals surface area (Å²) in [6.07, 6.45) is 2.22. The fourth-order valence-electron chi connectivity index (χ4n) is 1.70. The SMILES string of the molecule is CCCNC(Cc1nc(C)cs1)CN(C)C. The number of rotatable bonds is 7. The minimum Gasteiger partial charge on any atom is -0.312 e. The van der Waals surface area contributed by atoms with E-state index < -0.39 is 0 Å². The maximum absolute atomic E-state index is 4.53. The van der Waals surface area contributed by atoms with Crippen LogP contribution in [0.4, 0.5) is 0 Å². The lowest BCUT2D eigenvalue weighted by Crippen LogP contribution is -2.40. The molecule has 0 fully saturated rings. The van der Waals surface area contributed by atoms with E-state index in [4.69, 9.17) is 0 Å². The van der Waals surface area contributed by atoms with Crippen molar-refractivity contribution in [1.82, 2.24) is 15.2 Å². The monoisotopic (exact) mass is 241 g/mol. The van der Waals surface area contributed by atoms with Crippen LogP contribution in [0.3, 0.4) is 0 Å². The van der Waals surface area contributed by atoms with Gasteiger partial charge in [-0.15, -0.1) is 11.3 Å². The van der Waals surface area contributed by atoms with Crippen LogP contribution < -0.4 is 5.32 Å². The van der Waals surface area contributed by atoms with Crippen molar-refractivity contribution in [2.45, 2.75) is 32.7 Å². The molecule has 16 heavy (non-hydrogen) atoms. The average molecular weight is 241 g/mol. The van der Waals surface area contributed by atoms with Crippen molar-refractivity contribution < 1.29 is 0 Å². The van der Waals surface area contributed by atoms with Crippen LogP contribution in [-0.4, -0.2) is 43.1 Å². The summed E-state index contributed by atoms with van der Waals surface area (Å²) in [5.74, 6) is 0. The van der Waals surface area contributed by atoms with Gasteiger partial charge in [0.1, 0.15) is 0 Å². The van der Waals surface area contributed by atoms with Crippen LogP contribution in [0.25, 0.3) is 0 Å². The van der Waals surface area contributed by atoms with Gasteiger partial charge in [-0.3, -0.25) is 0 Å². The van der Waals surface area contributed by atoms with Crippen molar-refractivity contribution >= 4 is 11.3 Å². The highest BCUT2D eigenvalue weighted by atomic mass is 32.1. The molecule has 0 aliphatic rings. The molecule has 1 N–H and O–H groups in total.